The largest absolute Gasteiger partial charge is 0.495 e. The summed E-state index contributed by atoms with van der Waals surface area (Å²) in [6, 6.07) is 8.24. The van der Waals surface area contributed by atoms with Crippen LogP contribution in [0, 0.1) is 0 Å². The van der Waals surface area contributed by atoms with Gasteiger partial charge in [-0.1, -0.05) is 12.1 Å². The number of anilines is 1. The van der Waals surface area contributed by atoms with Crippen LogP contribution in [0.3, 0.4) is 0 Å². The molecule has 2 aliphatic rings. The Morgan fingerprint density at radius 1 is 1.17 bits per heavy atom. The number of nitrogens with zero attached hydrogens (tertiary/aromatic N) is 3. The van der Waals surface area contributed by atoms with Crippen molar-refractivity contribution >= 4 is 35.6 Å². The van der Waals surface area contributed by atoms with Crippen LogP contribution in [-0.2, 0) is 9.47 Å². The number of rotatable bonds is 8. The van der Waals surface area contributed by atoms with Crippen LogP contribution in [0.1, 0.15) is 26.2 Å². The molecule has 0 saturated carbocycles. The van der Waals surface area contributed by atoms with Gasteiger partial charge in [-0.05, 0) is 38.3 Å². The molecular weight excluding hydrogens is 495 g/mol. The lowest BCUT2D eigenvalue weighted by molar-refractivity contribution is -0.0318. The number of piperazine rings is 1. The first-order valence-electron chi connectivity index (χ1n) is 10.9. The highest BCUT2D eigenvalue weighted by Crippen LogP contribution is 2.28. The van der Waals surface area contributed by atoms with Gasteiger partial charge in [0, 0.05) is 59.1 Å². The van der Waals surface area contributed by atoms with Gasteiger partial charge in [0.1, 0.15) is 5.75 Å². The van der Waals surface area contributed by atoms with E-state index < -0.39 is 0 Å². The van der Waals surface area contributed by atoms with Crippen LogP contribution in [0.5, 0.6) is 5.75 Å². The van der Waals surface area contributed by atoms with E-state index in [4.69, 9.17) is 19.2 Å². The van der Waals surface area contributed by atoms with Crippen molar-refractivity contribution in [3.8, 4) is 5.75 Å². The van der Waals surface area contributed by atoms with Crippen molar-refractivity contribution < 1.29 is 14.2 Å². The molecule has 170 valence electrons. The lowest BCUT2D eigenvalue weighted by Crippen LogP contribution is -2.52. The first-order chi connectivity index (χ1) is 14.3. The van der Waals surface area contributed by atoms with E-state index in [1.54, 1.807) is 7.11 Å². The fraction of sp³-hybridized carbons (Fsp3) is 0.682. The molecule has 0 radical (unpaired) electrons. The van der Waals surface area contributed by atoms with Gasteiger partial charge in [0.05, 0.1) is 18.9 Å². The molecule has 2 saturated heterocycles. The summed E-state index contributed by atoms with van der Waals surface area (Å²) in [6.45, 7) is 10.0. The number of halogens is 1. The van der Waals surface area contributed by atoms with E-state index in [1.165, 1.54) is 5.69 Å². The summed E-state index contributed by atoms with van der Waals surface area (Å²) in [5.74, 6) is 1.95. The Morgan fingerprint density at radius 2 is 1.90 bits per heavy atom. The second kappa shape index (κ2) is 13.9. The highest BCUT2D eigenvalue weighted by molar-refractivity contribution is 14.0. The molecule has 0 atom stereocenters. The number of guanidine groups is 1. The minimum absolute atomic E-state index is 0. The predicted molar refractivity (Wildman–Crippen MR) is 133 cm³/mol. The Morgan fingerprint density at radius 3 is 2.60 bits per heavy atom. The maximum atomic E-state index is 5.95. The quantitative estimate of drug-likeness (QED) is 0.241. The molecule has 1 aromatic rings. The molecule has 8 heteroatoms. The molecule has 1 aromatic carbocycles. The van der Waals surface area contributed by atoms with Gasteiger partial charge >= 0.3 is 0 Å². The third-order valence-corrected chi connectivity index (χ3v) is 5.43. The van der Waals surface area contributed by atoms with Crippen molar-refractivity contribution in [1.29, 1.82) is 0 Å². The van der Waals surface area contributed by atoms with Crippen LogP contribution in [0.4, 0.5) is 5.69 Å². The van der Waals surface area contributed by atoms with E-state index in [9.17, 15) is 0 Å². The molecule has 0 aliphatic carbocycles. The van der Waals surface area contributed by atoms with Gasteiger partial charge < -0.3 is 29.3 Å². The third kappa shape index (κ3) is 7.46. The summed E-state index contributed by atoms with van der Waals surface area (Å²) >= 11 is 0. The topological polar surface area (TPSA) is 58.6 Å². The molecule has 0 unspecified atom stereocenters. The fourth-order valence-corrected chi connectivity index (χ4v) is 3.82. The lowest BCUT2D eigenvalue weighted by atomic mass is 10.1. The fourth-order valence-electron chi connectivity index (χ4n) is 3.82. The third-order valence-electron chi connectivity index (χ3n) is 5.43. The van der Waals surface area contributed by atoms with Gasteiger partial charge in [-0.25, -0.2) is 0 Å². The van der Waals surface area contributed by atoms with Crippen LogP contribution in [0.2, 0.25) is 0 Å². The zero-order valence-electron chi connectivity index (χ0n) is 18.3. The van der Waals surface area contributed by atoms with Crippen LogP contribution in [0.25, 0.3) is 0 Å². The Balaban J connectivity index is 0.00000320. The maximum Gasteiger partial charge on any atom is 0.194 e. The monoisotopic (exact) mass is 532 g/mol. The molecule has 2 aliphatic heterocycles. The van der Waals surface area contributed by atoms with E-state index >= 15 is 0 Å². The average Bonchev–Trinajstić information content (AvgIpc) is 2.79. The van der Waals surface area contributed by atoms with Crippen molar-refractivity contribution in [2.75, 3.05) is 71.1 Å². The average molecular weight is 532 g/mol. The smallest absolute Gasteiger partial charge is 0.194 e. The number of methoxy groups -OCH3 is 1. The number of nitrogens with one attached hydrogen (secondary N) is 1. The van der Waals surface area contributed by atoms with Crippen molar-refractivity contribution in [3.63, 3.8) is 0 Å². The summed E-state index contributed by atoms with van der Waals surface area (Å²) < 4.78 is 16.8. The molecule has 2 fully saturated rings. The van der Waals surface area contributed by atoms with Crippen LogP contribution in [-0.4, -0.2) is 83.2 Å². The van der Waals surface area contributed by atoms with E-state index in [2.05, 4.69) is 34.2 Å². The number of hydrogen-bond donors (Lipinski definition) is 1. The standard InChI is InChI=1S/C22H36N4O3.HI/c1-3-23-22(24-11-6-16-29-19-9-17-28-18-10-19)26-14-12-25(13-15-26)20-7-4-5-8-21(20)27-2;/h4-5,7-8,19H,3,6,9-18H2,1-2H3,(H,23,24);1H. The molecule has 2 heterocycles. The predicted octanol–water partition coefficient (Wildman–Crippen LogP) is 2.99. The first-order valence-corrected chi connectivity index (χ1v) is 10.9. The molecule has 3 rings (SSSR count). The number of aliphatic imine (C=N–C) groups is 1. The van der Waals surface area contributed by atoms with Crippen molar-refractivity contribution in [1.82, 2.24) is 10.2 Å². The van der Waals surface area contributed by atoms with Gasteiger partial charge in [-0.2, -0.15) is 0 Å². The second-order valence-corrected chi connectivity index (χ2v) is 7.42. The zero-order valence-corrected chi connectivity index (χ0v) is 20.7. The lowest BCUT2D eigenvalue weighted by Gasteiger charge is -2.38. The Kier molecular flexibility index (Phi) is 11.6. The molecule has 30 heavy (non-hydrogen) atoms. The Labute approximate surface area is 198 Å². The molecule has 0 aromatic heterocycles. The summed E-state index contributed by atoms with van der Waals surface area (Å²) in [5, 5.41) is 3.45. The highest BCUT2D eigenvalue weighted by atomic mass is 127. The molecule has 0 amide bonds. The SMILES string of the molecule is CCNC(=NCCCOC1CCOCC1)N1CCN(c2ccccc2OC)CC1.I. The number of para-hydroxylation sites is 2. The summed E-state index contributed by atoms with van der Waals surface area (Å²) in [4.78, 5) is 9.58. The minimum Gasteiger partial charge on any atom is -0.495 e. The number of hydrogen-bond acceptors (Lipinski definition) is 5. The van der Waals surface area contributed by atoms with Gasteiger partial charge in [0.2, 0.25) is 0 Å². The van der Waals surface area contributed by atoms with Crippen LogP contribution in [0.15, 0.2) is 29.3 Å². The Bertz CT molecular complexity index is 633. The normalized spacial score (nSPS) is 18.1. The van der Waals surface area contributed by atoms with Crippen molar-refractivity contribution in [2.45, 2.75) is 32.3 Å². The van der Waals surface area contributed by atoms with E-state index in [0.29, 0.717) is 6.10 Å². The zero-order chi connectivity index (χ0) is 20.3. The molecular formula is C22H37IN4O3. The van der Waals surface area contributed by atoms with Gasteiger partial charge in [0.25, 0.3) is 0 Å². The van der Waals surface area contributed by atoms with Crippen LogP contribution < -0.4 is 15.0 Å². The van der Waals surface area contributed by atoms with Gasteiger partial charge in [-0.15, -0.1) is 24.0 Å². The number of benzene rings is 1. The van der Waals surface area contributed by atoms with E-state index in [0.717, 1.165) is 90.1 Å². The first kappa shape index (κ1) is 25.0. The molecule has 0 bridgehead atoms. The minimum atomic E-state index is 0. The second-order valence-electron chi connectivity index (χ2n) is 7.42. The van der Waals surface area contributed by atoms with E-state index in [-0.39, 0.29) is 24.0 Å². The Hall–Kier alpha value is -1.26. The van der Waals surface area contributed by atoms with Crippen molar-refractivity contribution in [3.05, 3.63) is 24.3 Å². The summed E-state index contributed by atoms with van der Waals surface area (Å²) in [5.41, 5.74) is 1.17. The van der Waals surface area contributed by atoms with Crippen molar-refractivity contribution in [2.24, 2.45) is 4.99 Å². The molecule has 7 nitrogen and oxygen atoms in total. The summed E-state index contributed by atoms with van der Waals surface area (Å²) in [7, 11) is 1.73. The number of ether oxygens (including phenoxy) is 3. The highest BCUT2D eigenvalue weighted by Gasteiger charge is 2.21. The molecule has 1 N–H and O–H groups in total. The summed E-state index contributed by atoms with van der Waals surface area (Å²) in [6.07, 6.45) is 3.35. The van der Waals surface area contributed by atoms with Gasteiger partial charge in [0.15, 0.2) is 5.96 Å². The van der Waals surface area contributed by atoms with Crippen LogP contribution >= 0.6 is 24.0 Å². The maximum absolute atomic E-state index is 5.95. The molecule has 0 spiro atoms. The van der Waals surface area contributed by atoms with E-state index in [1.807, 2.05) is 12.1 Å². The van der Waals surface area contributed by atoms with Gasteiger partial charge in [-0.3, -0.25) is 4.99 Å².